The lowest BCUT2D eigenvalue weighted by atomic mass is 10.1. The average molecular weight is 191 g/mol. The van der Waals surface area contributed by atoms with Crippen LogP contribution < -0.4 is 4.74 Å². The Morgan fingerprint density at radius 3 is 2.71 bits per heavy atom. The topological polar surface area (TPSA) is 39.4 Å². The largest absolute Gasteiger partial charge is 0.493 e. The van der Waals surface area contributed by atoms with Gasteiger partial charge in [0.05, 0.1) is 12.8 Å². The average Bonchev–Trinajstić information content (AvgIpc) is 2.18. The van der Waals surface area contributed by atoms with Crippen molar-refractivity contribution in [1.82, 2.24) is 9.97 Å². The summed E-state index contributed by atoms with van der Waals surface area (Å²) in [4.78, 5) is 11.5. The Morgan fingerprint density at radius 1 is 1.50 bits per heavy atom. The molecule has 4 heteroatoms. The van der Waals surface area contributed by atoms with Gasteiger partial charge in [0, 0.05) is 0 Å². The van der Waals surface area contributed by atoms with Crippen LogP contribution in [-0.2, 0) is 6.54 Å². The normalized spacial score (nSPS) is 9.93. The molecule has 0 unspecified atom stereocenters. The van der Waals surface area contributed by atoms with Crippen LogP contribution in [0.25, 0.3) is 4.85 Å². The Kier molecular flexibility index (Phi) is 3.41. The Morgan fingerprint density at radius 2 is 2.21 bits per heavy atom. The predicted octanol–water partition coefficient (Wildman–Crippen LogP) is 2.03. The van der Waals surface area contributed by atoms with Crippen molar-refractivity contribution in [2.24, 2.45) is 0 Å². The Balaban J connectivity index is 3.19. The van der Waals surface area contributed by atoms with Gasteiger partial charge in [0.2, 0.25) is 0 Å². The van der Waals surface area contributed by atoms with Gasteiger partial charge in [0.15, 0.2) is 11.4 Å². The van der Waals surface area contributed by atoms with E-state index in [2.05, 4.69) is 14.8 Å². The molecular weight excluding hydrogens is 178 g/mol. The summed E-state index contributed by atoms with van der Waals surface area (Å²) in [5.41, 5.74) is 1.53. The zero-order chi connectivity index (χ0) is 10.6. The van der Waals surface area contributed by atoms with Gasteiger partial charge >= 0.3 is 0 Å². The van der Waals surface area contributed by atoms with Gasteiger partial charge in [0.1, 0.15) is 6.33 Å². The molecule has 0 aromatic carbocycles. The highest BCUT2D eigenvalue weighted by molar-refractivity contribution is 5.34. The third-order valence-corrected chi connectivity index (χ3v) is 1.88. The monoisotopic (exact) mass is 191 g/mol. The molecule has 0 N–H and O–H groups in total. The van der Waals surface area contributed by atoms with Crippen LogP contribution >= 0.6 is 0 Å². The van der Waals surface area contributed by atoms with Gasteiger partial charge in [-0.05, 0) is 5.92 Å². The molecule has 0 aliphatic heterocycles. The first-order valence-electron chi connectivity index (χ1n) is 4.41. The lowest BCUT2D eigenvalue weighted by Gasteiger charge is -2.10. The molecule has 0 atom stereocenters. The van der Waals surface area contributed by atoms with Crippen LogP contribution in [0, 0.1) is 6.57 Å². The second-order valence-corrected chi connectivity index (χ2v) is 3.21. The number of methoxy groups -OCH3 is 1. The van der Waals surface area contributed by atoms with Gasteiger partial charge in [-0.2, -0.15) is 0 Å². The zero-order valence-electron chi connectivity index (χ0n) is 8.61. The molecule has 0 saturated heterocycles. The van der Waals surface area contributed by atoms with Gasteiger partial charge in [-0.15, -0.1) is 0 Å². The van der Waals surface area contributed by atoms with E-state index in [1.54, 1.807) is 7.11 Å². The Bertz CT molecular complexity index is 355. The number of hydrogen-bond acceptors (Lipinski definition) is 3. The molecule has 0 spiro atoms. The van der Waals surface area contributed by atoms with E-state index in [1.165, 1.54) is 6.33 Å². The van der Waals surface area contributed by atoms with Crippen LogP contribution in [0.3, 0.4) is 0 Å². The molecule has 1 rings (SSSR count). The molecule has 1 heterocycles. The molecule has 14 heavy (non-hydrogen) atoms. The Labute approximate surface area is 83.8 Å². The van der Waals surface area contributed by atoms with E-state index >= 15 is 0 Å². The molecule has 0 bridgehead atoms. The second-order valence-electron chi connectivity index (χ2n) is 3.21. The fraction of sp³-hybridized carbons (Fsp3) is 0.500. The van der Waals surface area contributed by atoms with Crippen LogP contribution in [0.5, 0.6) is 5.75 Å². The van der Waals surface area contributed by atoms with Crippen molar-refractivity contribution in [2.75, 3.05) is 7.11 Å². The molecule has 0 fully saturated rings. The van der Waals surface area contributed by atoms with Crippen molar-refractivity contribution in [1.29, 1.82) is 0 Å². The summed E-state index contributed by atoms with van der Waals surface area (Å²) in [5.74, 6) is 0.927. The van der Waals surface area contributed by atoms with Gasteiger partial charge < -0.3 is 9.58 Å². The van der Waals surface area contributed by atoms with E-state index in [-0.39, 0.29) is 12.5 Å². The van der Waals surface area contributed by atoms with Crippen LogP contribution in [0.1, 0.15) is 31.2 Å². The number of ether oxygens (including phenoxy) is 1. The molecule has 1 aromatic rings. The van der Waals surface area contributed by atoms with Crippen molar-refractivity contribution in [3.63, 3.8) is 0 Å². The molecule has 0 aliphatic carbocycles. The fourth-order valence-electron chi connectivity index (χ4n) is 1.25. The highest BCUT2D eigenvalue weighted by Gasteiger charge is 2.15. The van der Waals surface area contributed by atoms with Crippen LogP contribution in [0.15, 0.2) is 6.33 Å². The van der Waals surface area contributed by atoms with Crippen molar-refractivity contribution >= 4 is 0 Å². The van der Waals surface area contributed by atoms with E-state index in [0.29, 0.717) is 11.4 Å². The maximum absolute atomic E-state index is 6.80. The van der Waals surface area contributed by atoms with Gasteiger partial charge in [0.25, 0.3) is 6.54 Å². The first-order valence-corrected chi connectivity index (χ1v) is 4.41. The van der Waals surface area contributed by atoms with E-state index in [4.69, 9.17) is 11.3 Å². The fourth-order valence-corrected chi connectivity index (χ4v) is 1.25. The molecular formula is C10H13N3O. The molecule has 74 valence electrons. The number of rotatable bonds is 3. The summed E-state index contributed by atoms with van der Waals surface area (Å²) in [6.07, 6.45) is 1.48. The van der Waals surface area contributed by atoms with Crippen LogP contribution in [-0.4, -0.2) is 17.1 Å². The van der Waals surface area contributed by atoms with Crippen LogP contribution in [0.2, 0.25) is 0 Å². The number of nitrogens with zero attached hydrogens (tertiary/aromatic N) is 3. The van der Waals surface area contributed by atoms with Crippen LogP contribution in [0.4, 0.5) is 0 Å². The standard InChI is InChI=1S/C10H13N3O/c1-7(2)9-10(14-4)8(5-11-3)12-6-13-9/h6-7H,5H2,1-2,4H3. The summed E-state index contributed by atoms with van der Waals surface area (Å²) in [7, 11) is 1.58. The van der Waals surface area contributed by atoms with E-state index in [0.717, 1.165) is 5.69 Å². The predicted molar refractivity (Wildman–Crippen MR) is 53.0 cm³/mol. The highest BCUT2D eigenvalue weighted by atomic mass is 16.5. The van der Waals surface area contributed by atoms with E-state index in [9.17, 15) is 0 Å². The van der Waals surface area contributed by atoms with Crippen molar-refractivity contribution < 1.29 is 4.74 Å². The minimum absolute atomic E-state index is 0.241. The van der Waals surface area contributed by atoms with E-state index in [1.807, 2.05) is 13.8 Å². The summed E-state index contributed by atoms with van der Waals surface area (Å²) < 4.78 is 5.22. The molecule has 0 saturated carbocycles. The zero-order valence-corrected chi connectivity index (χ0v) is 8.61. The minimum Gasteiger partial charge on any atom is -0.493 e. The third-order valence-electron chi connectivity index (χ3n) is 1.88. The maximum Gasteiger partial charge on any atom is 0.260 e. The SMILES string of the molecule is [C-]#[N+]Cc1ncnc(C(C)C)c1OC. The summed E-state index contributed by atoms with van der Waals surface area (Å²) in [6, 6.07) is 0. The third kappa shape index (κ3) is 1.99. The first kappa shape index (κ1) is 10.5. The van der Waals surface area contributed by atoms with Crippen molar-refractivity contribution in [2.45, 2.75) is 26.3 Å². The van der Waals surface area contributed by atoms with E-state index < -0.39 is 0 Å². The van der Waals surface area contributed by atoms with Crippen molar-refractivity contribution in [3.05, 3.63) is 29.1 Å². The Hall–Kier alpha value is -1.63. The van der Waals surface area contributed by atoms with Gasteiger partial charge in [-0.3, -0.25) is 0 Å². The molecule has 4 nitrogen and oxygen atoms in total. The second kappa shape index (κ2) is 4.56. The quantitative estimate of drug-likeness (QED) is 0.686. The van der Waals surface area contributed by atoms with Gasteiger partial charge in [-0.1, -0.05) is 13.8 Å². The highest BCUT2D eigenvalue weighted by Crippen LogP contribution is 2.26. The summed E-state index contributed by atoms with van der Waals surface area (Å²) in [5, 5.41) is 0. The molecule has 0 aliphatic rings. The smallest absolute Gasteiger partial charge is 0.260 e. The molecule has 0 radical (unpaired) electrons. The summed E-state index contributed by atoms with van der Waals surface area (Å²) in [6.45, 7) is 11.1. The lowest BCUT2D eigenvalue weighted by Crippen LogP contribution is -2.03. The summed E-state index contributed by atoms with van der Waals surface area (Å²) >= 11 is 0. The number of hydrogen-bond donors (Lipinski definition) is 0. The minimum atomic E-state index is 0.241. The lowest BCUT2D eigenvalue weighted by molar-refractivity contribution is 0.396. The number of aromatic nitrogens is 2. The van der Waals surface area contributed by atoms with Gasteiger partial charge in [-0.25, -0.2) is 16.5 Å². The molecule has 0 amide bonds. The van der Waals surface area contributed by atoms with Crippen molar-refractivity contribution in [3.8, 4) is 5.75 Å². The maximum atomic E-state index is 6.80. The first-order chi connectivity index (χ1) is 6.70. The molecule has 1 aromatic heterocycles.